The molecule has 1 atom stereocenters. The molecule has 2 aliphatic heterocycles. The van der Waals surface area contributed by atoms with Gasteiger partial charge in [0.2, 0.25) is 5.84 Å². The molecule has 2 aliphatic rings. The number of hydrazone groups is 1. The second-order valence-electron chi connectivity index (χ2n) is 8.58. The number of nitrogens with zero attached hydrogens (tertiary/aromatic N) is 4. The molecular weight excluding hydrogens is 448 g/mol. The summed E-state index contributed by atoms with van der Waals surface area (Å²) in [5, 5.41) is 7.33. The van der Waals surface area contributed by atoms with Gasteiger partial charge in [0, 0.05) is 11.4 Å². The molecule has 7 heteroatoms. The minimum atomic E-state index is -0.759. The molecule has 2 heterocycles. The number of benzene rings is 3. The van der Waals surface area contributed by atoms with Crippen molar-refractivity contribution in [3.63, 3.8) is 0 Å². The molecule has 0 amide bonds. The zero-order chi connectivity index (χ0) is 23.9. The van der Waals surface area contributed by atoms with Gasteiger partial charge in [0.15, 0.2) is 0 Å². The Kier molecular flexibility index (Phi) is 5.62. The molecule has 0 saturated carbocycles. The monoisotopic (exact) mass is 472 g/mol. The molecule has 0 bridgehead atoms. The van der Waals surface area contributed by atoms with Gasteiger partial charge in [0.1, 0.15) is 5.66 Å². The molecule has 5 rings (SSSR count). The number of carbonyl (C=O) groups is 1. The normalized spacial score (nSPS) is 19.1. The van der Waals surface area contributed by atoms with Gasteiger partial charge in [-0.1, -0.05) is 48.0 Å². The van der Waals surface area contributed by atoms with Crippen LogP contribution in [0.2, 0.25) is 5.02 Å². The maximum absolute atomic E-state index is 13.1. The van der Waals surface area contributed by atoms with E-state index >= 15 is 0 Å². The van der Waals surface area contributed by atoms with Crippen molar-refractivity contribution in [3.8, 4) is 0 Å². The number of halogens is 1. The number of hydrogen-bond donors (Lipinski definition) is 0. The van der Waals surface area contributed by atoms with E-state index in [4.69, 9.17) is 26.4 Å². The summed E-state index contributed by atoms with van der Waals surface area (Å²) in [4.78, 5) is 20.2. The first-order valence-corrected chi connectivity index (χ1v) is 11.6. The maximum Gasteiger partial charge on any atom is 0.376 e. The first-order chi connectivity index (χ1) is 16.4. The smallest absolute Gasteiger partial charge is 0.376 e. The Bertz CT molecular complexity index is 1300. The van der Waals surface area contributed by atoms with Crippen molar-refractivity contribution >= 4 is 46.2 Å². The lowest BCUT2D eigenvalue weighted by Crippen LogP contribution is -2.56. The molecule has 0 aliphatic carbocycles. The number of esters is 1. The Morgan fingerprint density at radius 3 is 2.53 bits per heavy atom. The van der Waals surface area contributed by atoms with Crippen LogP contribution in [0.3, 0.4) is 0 Å². The van der Waals surface area contributed by atoms with Crippen molar-refractivity contribution in [2.45, 2.75) is 32.9 Å². The summed E-state index contributed by atoms with van der Waals surface area (Å²) < 4.78 is 5.42. The van der Waals surface area contributed by atoms with E-state index in [2.05, 4.69) is 19.1 Å². The average molecular weight is 473 g/mol. The van der Waals surface area contributed by atoms with Gasteiger partial charge >= 0.3 is 5.97 Å². The molecule has 34 heavy (non-hydrogen) atoms. The number of anilines is 2. The molecule has 172 valence electrons. The quantitative estimate of drug-likeness (QED) is 0.431. The molecule has 0 aromatic heterocycles. The first kappa shape index (κ1) is 22.2. The molecule has 6 nitrogen and oxygen atoms in total. The van der Waals surface area contributed by atoms with Crippen LogP contribution < -0.4 is 9.91 Å². The van der Waals surface area contributed by atoms with Gasteiger partial charge in [-0.05, 0) is 68.3 Å². The molecule has 0 fully saturated rings. The van der Waals surface area contributed by atoms with Crippen LogP contribution in [0.1, 0.15) is 31.4 Å². The van der Waals surface area contributed by atoms with Crippen molar-refractivity contribution < 1.29 is 9.53 Å². The van der Waals surface area contributed by atoms with Gasteiger partial charge < -0.3 is 4.74 Å². The van der Waals surface area contributed by atoms with Crippen LogP contribution >= 0.6 is 11.6 Å². The molecule has 0 N–H and O–H groups in total. The van der Waals surface area contributed by atoms with Crippen LogP contribution in [0.5, 0.6) is 0 Å². The SMILES string of the molecule is CCOC(=O)C1=NN(c2ccc(Cl)cc2)C2(C)CC(c3ccccc3)=Nc3cc(C)ccc3N12. The summed E-state index contributed by atoms with van der Waals surface area (Å²) in [6, 6.07) is 23.6. The highest BCUT2D eigenvalue weighted by Gasteiger charge is 2.51. The van der Waals surface area contributed by atoms with Crippen molar-refractivity contribution in [1.29, 1.82) is 0 Å². The first-order valence-electron chi connectivity index (χ1n) is 11.3. The summed E-state index contributed by atoms with van der Waals surface area (Å²) in [5.74, 6) is -0.242. The van der Waals surface area contributed by atoms with E-state index in [9.17, 15) is 4.79 Å². The van der Waals surface area contributed by atoms with E-state index in [1.165, 1.54) is 0 Å². The predicted molar refractivity (Wildman–Crippen MR) is 137 cm³/mol. The van der Waals surface area contributed by atoms with Crippen LogP contribution in [-0.4, -0.2) is 29.8 Å². The number of hydrogen-bond acceptors (Lipinski definition) is 6. The van der Waals surface area contributed by atoms with Crippen LogP contribution in [0, 0.1) is 6.92 Å². The largest absolute Gasteiger partial charge is 0.460 e. The van der Waals surface area contributed by atoms with Gasteiger partial charge in [0.05, 0.1) is 29.4 Å². The number of amidine groups is 1. The van der Waals surface area contributed by atoms with Gasteiger partial charge in [-0.15, -0.1) is 5.10 Å². The third kappa shape index (κ3) is 3.74. The fraction of sp³-hybridized carbons (Fsp3) is 0.222. The topological polar surface area (TPSA) is 57.5 Å². The van der Waals surface area contributed by atoms with E-state index < -0.39 is 11.6 Å². The van der Waals surface area contributed by atoms with Crippen molar-refractivity contribution in [3.05, 3.63) is 88.9 Å². The molecule has 3 aromatic rings. The van der Waals surface area contributed by atoms with E-state index in [1.54, 1.807) is 6.92 Å². The number of aliphatic imine (C=N–C) groups is 1. The van der Waals surface area contributed by atoms with Gasteiger partial charge in [-0.3, -0.25) is 9.89 Å². The molecule has 1 unspecified atom stereocenters. The van der Waals surface area contributed by atoms with Crippen LogP contribution in [0.15, 0.2) is 82.9 Å². The van der Waals surface area contributed by atoms with E-state index in [1.807, 2.05) is 77.5 Å². The lowest BCUT2D eigenvalue weighted by Gasteiger charge is -2.41. The van der Waals surface area contributed by atoms with Gasteiger partial charge in [0.25, 0.3) is 0 Å². The second-order valence-corrected chi connectivity index (χ2v) is 9.01. The molecule has 0 saturated heterocycles. The Hall–Kier alpha value is -3.64. The van der Waals surface area contributed by atoms with E-state index in [-0.39, 0.29) is 12.4 Å². The molecular formula is C27H25ClN4O2. The summed E-state index contributed by atoms with van der Waals surface area (Å²) >= 11 is 6.16. The number of fused-ring (bicyclic) bond motifs is 3. The van der Waals surface area contributed by atoms with E-state index in [0.29, 0.717) is 11.4 Å². The van der Waals surface area contributed by atoms with Gasteiger partial charge in [-0.2, -0.15) is 0 Å². The number of carbonyl (C=O) groups excluding carboxylic acids is 1. The Morgan fingerprint density at radius 1 is 1.09 bits per heavy atom. The maximum atomic E-state index is 13.1. The predicted octanol–water partition coefficient (Wildman–Crippen LogP) is 6.09. The van der Waals surface area contributed by atoms with Crippen molar-refractivity contribution in [2.75, 3.05) is 16.5 Å². The summed E-state index contributed by atoms with van der Waals surface area (Å²) in [6.45, 7) is 6.16. The Labute approximate surface area is 204 Å². The zero-order valence-electron chi connectivity index (χ0n) is 19.3. The number of aryl methyl sites for hydroxylation is 1. The lowest BCUT2D eigenvalue weighted by atomic mass is 9.96. The average Bonchev–Trinajstić information content (AvgIpc) is 3.05. The Morgan fingerprint density at radius 2 is 1.82 bits per heavy atom. The van der Waals surface area contributed by atoms with Crippen molar-refractivity contribution in [1.82, 2.24) is 0 Å². The summed E-state index contributed by atoms with van der Waals surface area (Å²) in [5.41, 5.74) is 4.68. The van der Waals surface area contributed by atoms with Crippen LogP contribution in [0.4, 0.5) is 17.1 Å². The summed E-state index contributed by atoms with van der Waals surface area (Å²) in [7, 11) is 0. The Balaban J connectivity index is 1.74. The minimum Gasteiger partial charge on any atom is -0.460 e. The third-order valence-corrected chi connectivity index (χ3v) is 6.36. The van der Waals surface area contributed by atoms with Crippen LogP contribution in [0.25, 0.3) is 0 Å². The molecule has 0 spiro atoms. The zero-order valence-corrected chi connectivity index (χ0v) is 20.1. The highest BCUT2D eigenvalue weighted by Crippen LogP contribution is 2.46. The second kappa shape index (κ2) is 8.61. The van der Waals surface area contributed by atoms with E-state index in [0.717, 1.165) is 33.9 Å². The van der Waals surface area contributed by atoms with Crippen LogP contribution in [-0.2, 0) is 9.53 Å². The molecule has 0 radical (unpaired) electrons. The number of ether oxygens (including phenoxy) is 1. The number of rotatable bonds is 4. The summed E-state index contributed by atoms with van der Waals surface area (Å²) in [6.07, 6.45) is 0.514. The fourth-order valence-corrected chi connectivity index (χ4v) is 4.68. The molecule has 3 aromatic carbocycles. The minimum absolute atomic E-state index is 0.230. The fourth-order valence-electron chi connectivity index (χ4n) is 4.55. The third-order valence-electron chi connectivity index (χ3n) is 6.11. The highest BCUT2D eigenvalue weighted by molar-refractivity contribution is 6.43. The lowest BCUT2D eigenvalue weighted by molar-refractivity contribution is -0.135. The highest BCUT2D eigenvalue weighted by atomic mass is 35.5. The standard InChI is InChI=1S/C27H25ClN4O2/c1-4-34-26(33)25-30-32(21-13-11-20(28)12-14-21)27(3)17-23(19-8-6-5-7-9-19)29-22-16-18(2)10-15-24(22)31(25)27/h5-16H,4,17H2,1-3H3. The van der Waals surface area contributed by atoms with Gasteiger partial charge in [-0.25, -0.2) is 9.80 Å². The van der Waals surface area contributed by atoms with Crippen molar-refractivity contribution in [2.24, 2.45) is 10.1 Å².